The molecular weight excluding hydrogens is 220 g/mol. The van der Waals surface area contributed by atoms with Gasteiger partial charge in [-0.05, 0) is 19.3 Å². The highest BCUT2D eigenvalue weighted by Crippen LogP contribution is 2.31. The first-order chi connectivity index (χ1) is 8.08. The van der Waals surface area contributed by atoms with E-state index < -0.39 is 11.5 Å². The molecular formula is C12H22N2O3. The molecule has 0 aromatic rings. The van der Waals surface area contributed by atoms with Gasteiger partial charge in [-0.3, -0.25) is 4.79 Å². The molecule has 0 spiro atoms. The molecule has 5 nitrogen and oxygen atoms in total. The molecule has 0 aliphatic heterocycles. The van der Waals surface area contributed by atoms with Gasteiger partial charge >= 0.3 is 12.0 Å². The molecule has 1 fully saturated rings. The zero-order valence-corrected chi connectivity index (χ0v) is 10.4. The van der Waals surface area contributed by atoms with Gasteiger partial charge in [0.15, 0.2) is 0 Å². The highest BCUT2D eigenvalue weighted by atomic mass is 16.4. The molecule has 0 unspecified atom stereocenters. The molecule has 0 atom stereocenters. The molecule has 0 radical (unpaired) electrons. The van der Waals surface area contributed by atoms with Crippen LogP contribution < -0.4 is 10.6 Å². The van der Waals surface area contributed by atoms with E-state index in [1.165, 1.54) is 0 Å². The van der Waals surface area contributed by atoms with E-state index in [4.69, 9.17) is 5.11 Å². The lowest BCUT2D eigenvalue weighted by molar-refractivity contribution is -0.139. The molecule has 5 heteroatoms. The summed E-state index contributed by atoms with van der Waals surface area (Å²) in [6, 6.07) is -0.241. The number of carboxylic acids is 1. The van der Waals surface area contributed by atoms with Crippen LogP contribution >= 0.6 is 0 Å². The Kier molecular flexibility index (Phi) is 5.25. The topological polar surface area (TPSA) is 78.4 Å². The number of nitrogens with one attached hydrogen (secondary N) is 2. The average Bonchev–Trinajstić information content (AvgIpc) is 2.26. The second-order valence-electron chi connectivity index (χ2n) is 4.79. The van der Waals surface area contributed by atoms with E-state index in [1.807, 2.05) is 6.92 Å². The van der Waals surface area contributed by atoms with Gasteiger partial charge in [0.2, 0.25) is 0 Å². The first kappa shape index (κ1) is 13.8. The molecule has 98 valence electrons. The van der Waals surface area contributed by atoms with Crippen LogP contribution in [0.25, 0.3) is 0 Å². The Bertz CT molecular complexity index is 273. The van der Waals surface area contributed by atoms with E-state index in [-0.39, 0.29) is 12.5 Å². The van der Waals surface area contributed by atoms with Crippen LogP contribution in [0.5, 0.6) is 0 Å². The Morgan fingerprint density at radius 3 is 2.41 bits per heavy atom. The van der Waals surface area contributed by atoms with Crippen molar-refractivity contribution in [1.82, 2.24) is 10.6 Å². The first-order valence-corrected chi connectivity index (χ1v) is 6.36. The van der Waals surface area contributed by atoms with Crippen molar-refractivity contribution in [2.24, 2.45) is 0 Å². The third-order valence-electron chi connectivity index (χ3n) is 3.21. The number of urea groups is 1. The fraction of sp³-hybridized carbons (Fsp3) is 0.833. The van der Waals surface area contributed by atoms with Gasteiger partial charge in [0.25, 0.3) is 0 Å². The molecule has 0 saturated heterocycles. The highest BCUT2D eigenvalue weighted by Gasteiger charge is 2.35. The minimum Gasteiger partial charge on any atom is -0.481 e. The van der Waals surface area contributed by atoms with E-state index >= 15 is 0 Å². The van der Waals surface area contributed by atoms with Crippen molar-refractivity contribution in [3.63, 3.8) is 0 Å². The van der Waals surface area contributed by atoms with Crippen LogP contribution in [0, 0.1) is 0 Å². The average molecular weight is 242 g/mol. The summed E-state index contributed by atoms with van der Waals surface area (Å²) in [7, 11) is 0. The minimum atomic E-state index is -0.845. The molecule has 17 heavy (non-hydrogen) atoms. The van der Waals surface area contributed by atoms with Crippen molar-refractivity contribution >= 4 is 12.0 Å². The first-order valence-electron chi connectivity index (χ1n) is 6.36. The van der Waals surface area contributed by atoms with Crippen LogP contribution in [0.2, 0.25) is 0 Å². The number of rotatable bonds is 5. The molecule has 1 aliphatic carbocycles. The number of amides is 2. The molecule has 0 aromatic carbocycles. The van der Waals surface area contributed by atoms with Gasteiger partial charge in [-0.15, -0.1) is 0 Å². The zero-order valence-electron chi connectivity index (χ0n) is 10.4. The monoisotopic (exact) mass is 242 g/mol. The molecule has 1 rings (SSSR count). The van der Waals surface area contributed by atoms with E-state index in [9.17, 15) is 9.59 Å². The van der Waals surface area contributed by atoms with Crippen LogP contribution in [0.15, 0.2) is 0 Å². The Labute approximate surface area is 102 Å². The summed E-state index contributed by atoms with van der Waals surface area (Å²) < 4.78 is 0. The van der Waals surface area contributed by atoms with Crippen molar-refractivity contribution in [2.75, 3.05) is 6.54 Å². The summed E-state index contributed by atoms with van der Waals surface area (Å²) in [4.78, 5) is 22.5. The standard InChI is InChI=1S/C12H22N2O3/c1-2-8-13-11(17)14-12(9-10(15)16)6-4-3-5-7-12/h2-9H2,1H3,(H,15,16)(H2,13,14,17). The number of hydrogen-bond acceptors (Lipinski definition) is 2. The lowest BCUT2D eigenvalue weighted by Gasteiger charge is -2.36. The van der Waals surface area contributed by atoms with Gasteiger partial charge in [0, 0.05) is 6.54 Å². The summed E-state index contributed by atoms with van der Waals surface area (Å²) in [6.07, 6.45) is 5.52. The third kappa shape index (κ3) is 4.63. The van der Waals surface area contributed by atoms with E-state index in [0.717, 1.165) is 38.5 Å². The van der Waals surface area contributed by atoms with Crippen LogP contribution in [-0.4, -0.2) is 29.2 Å². The quantitative estimate of drug-likeness (QED) is 0.688. The number of aliphatic carboxylic acids is 1. The fourth-order valence-electron chi connectivity index (χ4n) is 2.39. The zero-order chi connectivity index (χ0) is 12.7. The molecule has 2 amide bonds. The molecule has 1 saturated carbocycles. The van der Waals surface area contributed by atoms with Crippen LogP contribution in [0.3, 0.4) is 0 Å². The summed E-state index contributed by atoms with van der Waals surface area (Å²) in [5, 5.41) is 14.6. The predicted octanol–water partition coefficient (Wildman–Crippen LogP) is 1.87. The smallest absolute Gasteiger partial charge is 0.315 e. The molecule has 1 aliphatic rings. The number of carbonyl (C=O) groups excluding carboxylic acids is 1. The maximum atomic E-state index is 11.6. The summed E-state index contributed by atoms with van der Waals surface area (Å²) >= 11 is 0. The van der Waals surface area contributed by atoms with Crippen molar-refractivity contribution in [3.8, 4) is 0 Å². The summed E-state index contributed by atoms with van der Waals surface area (Å²) in [5.74, 6) is -0.845. The second kappa shape index (κ2) is 6.47. The van der Waals surface area contributed by atoms with Crippen molar-refractivity contribution in [3.05, 3.63) is 0 Å². The molecule has 0 aromatic heterocycles. The van der Waals surface area contributed by atoms with Crippen LogP contribution in [0.4, 0.5) is 4.79 Å². The Balaban J connectivity index is 2.56. The lowest BCUT2D eigenvalue weighted by atomic mass is 9.79. The second-order valence-corrected chi connectivity index (χ2v) is 4.79. The minimum absolute atomic E-state index is 0.0204. The Hall–Kier alpha value is -1.26. The third-order valence-corrected chi connectivity index (χ3v) is 3.21. The number of carbonyl (C=O) groups is 2. The lowest BCUT2D eigenvalue weighted by Crippen LogP contribution is -2.54. The van der Waals surface area contributed by atoms with Gasteiger partial charge in [-0.1, -0.05) is 26.2 Å². The van der Waals surface area contributed by atoms with Crippen molar-refractivity contribution < 1.29 is 14.7 Å². The Morgan fingerprint density at radius 2 is 1.88 bits per heavy atom. The van der Waals surface area contributed by atoms with Gasteiger partial charge in [-0.25, -0.2) is 4.79 Å². The van der Waals surface area contributed by atoms with Crippen molar-refractivity contribution in [2.45, 2.75) is 57.4 Å². The van der Waals surface area contributed by atoms with Gasteiger partial charge in [-0.2, -0.15) is 0 Å². The number of hydrogen-bond donors (Lipinski definition) is 3. The summed E-state index contributed by atoms with van der Waals surface area (Å²) in [5.41, 5.74) is -0.540. The molecule has 0 bridgehead atoms. The van der Waals surface area contributed by atoms with E-state index in [1.54, 1.807) is 0 Å². The normalized spacial score (nSPS) is 18.4. The molecule has 3 N–H and O–H groups in total. The van der Waals surface area contributed by atoms with E-state index in [0.29, 0.717) is 6.54 Å². The maximum absolute atomic E-state index is 11.6. The van der Waals surface area contributed by atoms with Crippen LogP contribution in [-0.2, 0) is 4.79 Å². The van der Waals surface area contributed by atoms with Gasteiger partial charge in [0.05, 0.1) is 12.0 Å². The SMILES string of the molecule is CCCNC(=O)NC1(CC(=O)O)CCCCC1. The fourth-order valence-corrected chi connectivity index (χ4v) is 2.39. The number of carboxylic acid groups (broad SMARTS) is 1. The predicted molar refractivity (Wildman–Crippen MR) is 64.9 cm³/mol. The largest absolute Gasteiger partial charge is 0.481 e. The van der Waals surface area contributed by atoms with Gasteiger partial charge in [0.1, 0.15) is 0 Å². The molecule has 0 heterocycles. The van der Waals surface area contributed by atoms with Crippen LogP contribution in [0.1, 0.15) is 51.9 Å². The van der Waals surface area contributed by atoms with Crippen molar-refractivity contribution in [1.29, 1.82) is 0 Å². The van der Waals surface area contributed by atoms with Gasteiger partial charge < -0.3 is 15.7 Å². The summed E-state index contributed by atoms with van der Waals surface area (Å²) in [6.45, 7) is 2.60. The maximum Gasteiger partial charge on any atom is 0.315 e. The Morgan fingerprint density at radius 1 is 1.24 bits per heavy atom. The van der Waals surface area contributed by atoms with E-state index in [2.05, 4.69) is 10.6 Å². The highest BCUT2D eigenvalue weighted by molar-refractivity contribution is 5.76.